The number of rotatable bonds is 3. The Morgan fingerprint density at radius 1 is 1.64 bits per heavy atom. The lowest BCUT2D eigenvalue weighted by Gasteiger charge is -2.19. The van der Waals surface area contributed by atoms with Crippen LogP contribution in [0.4, 0.5) is 0 Å². The Morgan fingerprint density at radius 3 is 3.29 bits per heavy atom. The van der Waals surface area contributed by atoms with E-state index in [0.29, 0.717) is 12.5 Å². The fourth-order valence-corrected chi connectivity index (χ4v) is 3.04. The molecule has 1 aliphatic rings. The van der Waals surface area contributed by atoms with E-state index >= 15 is 0 Å². The fraction of sp³-hybridized carbons (Fsp3) is 0.700. The van der Waals surface area contributed by atoms with Crippen LogP contribution in [0.25, 0.3) is 0 Å². The van der Waals surface area contributed by atoms with Crippen LogP contribution in [0, 0.1) is 0 Å². The molecule has 0 bridgehead atoms. The number of hydrogen-bond acceptors (Lipinski definition) is 4. The maximum Gasteiger partial charge on any atom is 0.143 e. The van der Waals surface area contributed by atoms with Gasteiger partial charge in [0.05, 0.1) is 6.20 Å². The van der Waals surface area contributed by atoms with Gasteiger partial charge < -0.3 is 10.3 Å². The summed E-state index contributed by atoms with van der Waals surface area (Å²) in [5.41, 5.74) is 6.75. The third-order valence-electron chi connectivity index (χ3n) is 2.62. The van der Waals surface area contributed by atoms with Crippen molar-refractivity contribution >= 4 is 11.8 Å². The molecule has 1 aliphatic heterocycles. The summed E-state index contributed by atoms with van der Waals surface area (Å²) in [7, 11) is 0. The minimum Gasteiger partial charge on any atom is -0.361 e. The molecule has 1 atom stereocenters. The number of nitrogens with zero attached hydrogens (tertiary/aromatic N) is 1. The molecule has 2 rings (SSSR count). The van der Waals surface area contributed by atoms with Gasteiger partial charge in [-0.2, -0.15) is 11.8 Å². The van der Waals surface area contributed by atoms with Gasteiger partial charge in [-0.25, -0.2) is 0 Å². The maximum atomic E-state index is 5.54. The molecule has 0 aromatic carbocycles. The highest BCUT2D eigenvalue weighted by molar-refractivity contribution is 7.99. The van der Waals surface area contributed by atoms with E-state index in [0.717, 1.165) is 12.2 Å². The van der Waals surface area contributed by atoms with Crippen LogP contribution >= 0.6 is 11.8 Å². The number of hydrogen-bond donors (Lipinski definition) is 1. The Hall–Kier alpha value is -0.480. The summed E-state index contributed by atoms with van der Waals surface area (Å²) >= 11 is 2.01. The summed E-state index contributed by atoms with van der Waals surface area (Å²) in [6, 6.07) is 0. The molecule has 4 heteroatoms. The van der Waals surface area contributed by atoms with Crippen LogP contribution in [-0.2, 0) is 6.42 Å². The van der Waals surface area contributed by atoms with Gasteiger partial charge in [0, 0.05) is 17.2 Å². The van der Waals surface area contributed by atoms with Gasteiger partial charge in [-0.05, 0) is 31.6 Å². The molecule has 3 nitrogen and oxygen atoms in total. The fourth-order valence-electron chi connectivity index (χ4n) is 1.90. The van der Waals surface area contributed by atoms with Gasteiger partial charge in [-0.3, -0.25) is 0 Å². The van der Waals surface area contributed by atoms with Gasteiger partial charge in [0.1, 0.15) is 5.76 Å². The lowest BCUT2D eigenvalue weighted by atomic mass is 9.98. The molecule has 0 amide bonds. The first-order valence-electron chi connectivity index (χ1n) is 5.13. The van der Waals surface area contributed by atoms with Crippen LogP contribution in [-0.4, -0.2) is 23.2 Å². The summed E-state index contributed by atoms with van der Waals surface area (Å²) in [5.74, 6) is 4.12. The van der Waals surface area contributed by atoms with Gasteiger partial charge in [0.25, 0.3) is 0 Å². The highest BCUT2D eigenvalue weighted by atomic mass is 32.2. The third-order valence-corrected chi connectivity index (χ3v) is 3.84. The van der Waals surface area contributed by atoms with Crippen LogP contribution < -0.4 is 5.73 Å². The normalized spacial score (nSPS) is 22.5. The van der Waals surface area contributed by atoms with Crippen molar-refractivity contribution in [3.05, 3.63) is 17.5 Å². The number of nitrogens with two attached hydrogens (primary N) is 1. The van der Waals surface area contributed by atoms with E-state index in [9.17, 15) is 0 Å². The van der Waals surface area contributed by atoms with Crippen LogP contribution in [0.15, 0.2) is 10.7 Å². The van der Waals surface area contributed by atoms with Crippen molar-refractivity contribution in [2.45, 2.75) is 25.2 Å². The zero-order valence-electron chi connectivity index (χ0n) is 8.24. The predicted octanol–water partition coefficient (Wildman–Crippen LogP) is 1.79. The largest absolute Gasteiger partial charge is 0.361 e. The molecule has 2 N–H and O–H groups in total. The highest BCUT2D eigenvalue weighted by Crippen LogP contribution is 2.32. The van der Waals surface area contributed by atoms with Crippen molar-refractivity contribution in [3.8, 4) is 0 Å². The Bertz CT molecular complexity index is 281. The number of thioether (sulfide) groups is 1. The monoisotopic (exact) mass is 212 g/mol. The molecule has 1 fully saturated rings. The molecular formula is C10H16N2OS. The zero-order chi connectivity index (χ0) is 9.80. The van der Waals surface area contributed by atoms with E-state index < -0.39 is 0 Å². The second kappa shape index (κ2) is 4.84. The van der Waals surface area contributed by atoms with Gasteiger partial charge in [0.15, 0.2) is 0 Å². The van der Waals surface area contributed by atoms with E-state index in [1.807, 2.05) is 18.0 Å². The van der Waals surface area contributed by atoms with Crippen molar-refractivity contribution in [1.82, 2.24) is 5.16 Å². The molecule has 14 heavy (non-hydrogen) atoms. The minimum atomic E-state index is 0.567. The molecule has 0 saturated carbocycles. The quantitative estimate of drug-likeness (QED) is 0.830. The SMILES string of the molecule is NCCc1cnoc1C1CCCSC1. The molecule has 0 radical (unpaired) electrons. The minimum absolute atomic E-state index is 0.567. The van der Waals surface area contributed by atoms with E-state index in [-0.39, 0.29) is 0 Å². The third kappa shape index (κ3) is 2.12. The first kappa shape index (κ1) is 10.1. The van der Waals surface area contributed by atoms with Crippen LogP contribution in [0.2, 0.25) is 0 Å². The summed E-state index contributed by atoms with van der Waals surface area (Å²) in [6.45, 7) is 0.675. The smallest absolute Gasteiger partial charge is 0.143 e. The lowest BCUT2D eigenvalue weighted by Crippen LogP contribution is -2.11. The maximum absolute atomic E-state index is 5.54. The van der Waals surface area contributed by atoms with Gasteiger partial charge >= 0.3 is 0 Å². The van der Waals surface area contributed by atoms with Crippen molar-refractivity contribution in [3.63, 3.8) is 0 Å². The van der Waals surface area contributed by atoms with E-state index in [1.165, 1.54) is 29.9 Å². The second-order valence-corrected chi connectivity index (χ2v) is 4.82. The summed E-state index contributed by atoms with van der Waals surface area (Å²) < 4.78 is 5.34. The molecule has 2 heterocycles. The summed E-state index contributed by atoms with van der Waals surface area (Å²) in [4.78, 5) is 0. The Kier molecular flexibility index (Phi) is 3.48. The second-order valence-electron chi connectivity index (χ2n) is 3.67. The van der Waals surface area contributed by atoms with E-state index in [4.69, 9.17) is 10.3 Å². The Labute approximate surface area is 88.4 Å². The Morgan fingerprint density at radius 2 is 2.57 bits per heavy atom. The van der Waals surface area contributed by atoms with Crippen LogP contribution in [0.3, 0.4) is 0 Å². The number of aromatic nitrogens is 1. The topological polar surface area (TPSA) is 52.0 Å². The highest BCUT2D eigenvalue weighted by Gasteiger charge is 2.22. The molecule has 0 aliphatic carbocycles. The molecule has 0 spiro atoms. The predicted molar refractivity (Wildman–Crippen MR) is 58.6 cm³/mol. The van der Waals surface area contributed by atoms with Crippen molar-refractivity contribution in [1.29, 1.82) is 0 Å². The molecule has 1 unspecified atom stereocenters. The lowest BCUT2D eigenvalue weighted by molar-refractivity contribution is 0.357. The van der Waals surface area contributed by atoms with E-state index in [1.54, 1.807) is 0 Å². The summed E-state index contributed by atoms with van der Waals surface area (Å²) in [5, 5.41) is 3.88. The zero-order valence-corrected chi connectivity index (χ0v) is 9.05. The van der Waals surface area contributed by atoms with Gasteiger partial charge in [0.2, 0.25) is 0 Å². The average molecular weight is 212 g/mol. The van der Waals surface area contributed by atoms with E-state index in [2.05, 4.69) is 5.16 Å². The molecule has 78 valence electrons. The van der Waals surface area contributed by atoms with Crippen LogP contribution in [0.1, 0.15) is 30.1 Å². The standard InChI is InChI=1S/C10H16N2OS/c11-4-3-8-6-12-13-10(8)9-2-1-5-14-7-9/h6,9H,1-5,7,11H2. The van der Waals surface area contributed by atoms with Crippen LogP contribution in [0.5, 0.6) is 0 Å². The first-order chi connectivity index (χ1) is 6.92. The van der Waals surface area contributed by atoms with Gasteiger partial charge in [-0.15, -0.1) is 0 Å². The van der Waals surface area contributed by atoms with Gasteiger partial charge in [-0.1, -0.05) is 5.16 Å². The molecule has 1 aromatic heterocycles. The average Bonchev–Trinajstić information content (AvgIpc) is 2.68. The Balaban J connectivity index is 2.09. The van der Waals surface area contributed by atoms with Crippen molar-refractivity contribution < 1.29 is 4.52 Å². The first-order valence-corrected chi connectivity index (χ1v) is 6.28. The summed E-state index contributed by atoms with van der Waals surface area (Å²) in [6.07, 6.45) is 5.24. The van der Waals surface area contributed by atoms with Crippen molar-refractivity contribution in [2.24, 2.45) is 5.73 Å². The molecule has 1 saturated heterocycles. The molecular weight excluding hydrogens is 196 g/mol. The molecule has 1 aromatic rings. The van der Waals surface area contributed by atoms with Crippen molar-refractivity contribution in [2.75, 3.05) is 18.1 Å².